The average Bonchev–Trinajstić information content (AvgIpc) is 2.42. The number of nitrogens with one attached hydrogen (secondary N) is 2. The van der Waals surface area contributed by atoms with Gasteiger partial charge in [-0.15, -0.1) is 0 Å². The highest BCUT2D eigenvalue weighted by atomic mass is 35.5. The van der Waals surface area contributed by atoms with Gasteiger partial charge >= 0.3 is 5.69 Å². The molecule has 0 saturated heterocycles. The summed E-state index contributed by atoms with van der Waals surface area (Å²) in [6, 6.07) is 3.84. The first-order valence-electron chi connectivity index (χ1n) is 6.36. The minimum atomic E-state index is -0.585. The van der Waals surface area contributed by atoms with Crippen molar-refractivity contribution >= 4 is 34.6 Å². The van der Waals surface area contributed by atoms with Crippen LogP contribution < -0.4 is 10.6 Å². The van der Waals surface area contributed by atoms with Crippen LogP contribution in [-0.4, -0.2) is 20.9 Å². The Labute approximate surface area is 130 Å². The summed E-state index contributed by atoms with van der Waals surface area (Å²) in [5.41, 5.74) is 0.0837. The molecule has 2 aromatic rings. The van der Waals surface area contributed by atoms with Gasteiger partial charge < -0.3 is 10.6 Å². The van der Waals surface area contributed by atoms with Crippen molar-refractivity contribution < 1.29 is 9.31 Å². The minimum absolute atomic E-state index is 0.00850. The summed E-state index contributed by atoms with van der Waals surface area (Å²) in [5.74, 6) is -0.483. The number of benzene rings is 1. The molecule has 9 heteroatoms. The van der Waals surface area contributed by atoms with Crippen molar-refractivity contribution in [1.82, 2.24) is 9.97 Å². The second-order valence-electron chi connectivity index (χ2n) is 4.73. The van der Waals surface area contributed by atoms with E-state index in [1.807, 2.05) is 13.8 Å². The van der Waals surface area contributed by atoms with E-state index in [4.69, 9.17) is 11.6 Å². The van der Waals surface area contributed by atoms with Crippen molar-refractivity contribution in [2.75, 3.05) is 10.6 Å². The molecular weight excluding hydrogens is 313 g/mol. The fourth-order valence-corrected chi connectivity index (χ4v) is 1.91. The molecule has 0 fully saturated rings. The quantitative estimate of drug-likeness (QED) is 0.642. The van der Waals surface area contributed by atoms with Crippen LogP contribution in [0.5, 0.6) is 0 Å². The second-order valence-corrected chi connectivity index (χ2v) is 5.14. The van der Waals surface area contributed by atoms with E-state index in [1.165, 1.54) is 18.5 Å². The predicted molar refractivity (Wildman–Crippen MR) is 82.1 cm³/mol. The van der Waals surface area contributed by atoms with Crippen molar-refractivity contribution in [3.63, 3.8) is 0 Å². The number of nitrogens with zero attached hydrogens (tertiary/aromatic N) is 3. The van der Waals surface area contributed by atoms with Gasteiger partial charge in [0.25, 0.3) is 0 Å². The highest BCUT2D eigenvalue weighted by Gasteiger charge is 2.23. The van der Waals surface area contributed by atoms with Crippen LogP contribution in [-0.2, 0) is 0 Å². The first-order chi connectivity index (χ1) is 10.4. The van der Waals surface area contributed by atoms with Crippen LogP contribution in [0.15, 0.2) is 24.5 Å². The van der Waals surface area contributed by atoms with E-state index in [9.17, 15) is 14.5 Å². The summed E-state index contributed by atoms with van der Waals surface area (Å²) in [6.07, 6.45) is 1.20. The molecule has 1 aromatic carbocycles. The van der Waals surface area contributed by atoms with Gasteiger partial charge in [-0.3, -0.25) is 10.1 Å². The monoisotopic (exact) mass is 325 g/mol. The molecule has 0 aliphatic heterocycles. The van der Waals surface area contributed by atoms with E-state index < -0.39 is 10.7 Å². The Morgan fingerprint density at radius 2 is 2.00 bits per heavy atom. The Bertz CT molecular complexity index is 711. The van der Waals surface area contributed by atoms with Gasteiger partial charge in [-0.25, -0.2) is 14.4 Å². The normalized spacial score (nSPS) is 10.6. The zero-order valence-corrected chi connectivity index (χ0v) is 12.6. The summed E-state index contributed by atoms with van der Waals surface area (Å²) in [5, 5.41) is 16.8. The molecule has 0 aliphatic carbocycles. The van der Waals surface area contributed by atoms with Gasteiger partial charge in [-0.1, -0.05) is 11.6 Å². The number of halogens is 2. The Hall–Kier alpha value is -2.48. The van der Waals surface area contributed by atoms with Gasteiger partial charge in [0, 0.05) is 11.7 Å². The molecule has 22 heavy (non-hydrogen) atoms. The molecular formula is C13H13ClFN5O2. The van der Waals surface area contributed by atoms with Crippen LogP contribution >= 0.6 is 11.6 Å². The Kier molecular flexibility index (Phi) is 4.71. The van der Waals surface area contributed by atoms with Crippen molar-refractivity contribution in [2.45, 2.75) is 19.9 Å². The summed E-state index contributed by atoms with van der Waals surface area (Å²) in [7, 11) is 0. The maximum absolute atomic E-state index is 13.1. The number of hydrogen-bond acceptors (Lipinski definition) is 6. The topological polar surface area (TPSA) is 93.0 Å². The lowest BCUT2D eigenvalue weighted by Crippen LogP contribution is -2.14. The maximum Gasteiger partial charge on any atom is 0.353 e. The molecule has 0 spiro atoms. The molecule has 116 valence electrons. The summed E-state index contributed by atoms with van der Waals surface area (Å²) in [4.78, 5) is 18.5. The first kappa shape index (κ1) is 15.9. The largest absolute Gasteiger partial charge is 0.362 e. The molecule has 0 radical (unpaired) electrons. The zero-order chi connectivity index (χ0) is 16.3. The average molecular weight is 326 g/mol. The van der Waals surface area contributed by atoms with Crippen LogP contribution in [0, 0.1) is 15.9 Å². The molecule has 0 aliphatic rings. The number of hydrogen-bond donors (Lipinski definition) is 2. The standard InChI is InChI=1S/C13H13ClFN5O2/c1-7(2)18-12-11(20(21)22)13(17-6-16-12)19-8-3-4-10(15)9(14)5-8/h3-7H,1-2H3,(H2,16,17,18,19). The van der Waals surface area contributed by atoms with Crippen molar-refractivity contribution in [1.29, 1.82) is 0 Å². The van der Waals surface area contributed by atoms with Crippen LogP contribution in [0.4, 0.5) is 27.4 Å². The molecule has 0 unspecified atom stereocenters. The van der Waals surface area contributed by atoms with Crippen molar-refractivity contribution in [3.05, 3.63) is 45.5 Å². The van der Waals surface area contributed by atoms with Crippen molar-refractivity contribution in [2.24, 2.45) is 0 Å². The van der Waals surface area contributed by atoms with Crippen LogP contribution in [0.3, 0.4) is 0 Å². The third-order valence-electron chi connectivity index (χ3n) is 2.61. The Morgan fingerprint density at radius 1 is 1.32 bits per heavy atom. The lowest BCUT2D eigenvalue weighted by molar-refractivity contribution is -0.383. The van der Waals surface area contributed by atoms with Crippen LogP contribution in [0.2, 0.25) is 5.02 Å². The van der Waals surface area contributed by atoms with Gasteiger partial charge in [0.05, 0.1) is 9.95 Å². The smallest absolute Gasteiger partial charge is 0.353 e. The third kappa shape index (κ3) is 3.59. The highest BCUT2D eigenvalue weighted by Crippen LogP contribution is 2.32. The first-order valence-corrected chi connectivity index (χ1v) is 6.74. The fourth-order valence-electron chi connectivity index (χ4n) is 1.73. The van der Waals surface area contributed by atoms with E-state index in [2.05, 4.69) is 20.6 Å². The minimum Gasteiger partial charge on any atom is -0.362 e. The number of rotatable bonds is 5. The zero-order valence-electron chi connectivity index (χ0n) is 11.8. The number of aromatic nitrogens is 2. The molecule has 2 rings (SSSR count). The summed E-state index contributed by atoms with van der Waals surface area (Å²) >= 11 is 5.69. The van der Waals surface area contributed by atoms with E-state index in [-0.39, 0.29) is 28.4 Å². The number of nitro groups is 1. The fraction of sp³-hybridized carbons (Fsp3) is 0.231. The second kappa shape index (κ2) is 6.52. The van der Waals surface area contributed by atoms with Gasteiger partial charge in [0.15, 0.2) is 0 Å². The van der Waals surface area contributed by atoms with E-state index >= 15 is 0 Å². The highest BCUT2D eigenvalue weighted by molar-refractivity contribution is 6.31. The summed E-state index contributed by atoms with van der Waals surface area (Å²) < 4.78 is 13.1. The predicted octanol–water partition coefficient (Wildman–Crippen LogP) is 3.74. The molecule has 1 heterocycles. The van der Waals surface area contributed by atoms with E-state index in [1.54, 1.807) is 0 Å². The van der Waals surface area contributed by atoms with E-state index in [0.717, 1.165) is 6.07 Å². The molecule has 0 amide bonds. The van der Waals surface area contributed by atoms with Crippen LogP contribution in [0.25, 0.3) is 0 Å². The third-order valence-corrected chi connectivity index (χ3v) is 2.90. The molecule has 0 saturated carbocycles. The lowest BCUT2D eigenvalue weighted by Gasteiger charge is -2.12. The summed E-state index contributed by atoms with van der Waals surface area (Å²) in [6.45, 7) is 3.66. The van der Waals surface area contributed by atoms with Crippen LogP contribution in [0.1, 0.15) is 13.8 Å². The van der Waals surface area contributed by atoms with E-state index in [0.29, 0.717) is 5.69 Å². The lowest BCUT2D eigenvalue weighted by atomic mass is 10.3. The van der Waals surface area contributed by atoms with Gasteiger partial charge in [-0.2, -0.15) is 0 Å². The van der Waals surface area contributed by atoms with Gasteiger partial charge in [0.1, 0.15) is 12.1 Å². The maximum atomic E-state index is 13.1. The number of anilines is 3. The Balaban J connectivity index is 2.41. The molecule has 0 atom stereocenters. The molecule has 1 aromatic heterocycles. The molecule has 0 bridgehead atoms. The van der Waals surface area contributed by atoms with Gasteiger partial charge in [0.2, 0.25) is 11.6 Å². The molecule has 2 N–H and O–H groups in total. The Morgan fingerprint density at radius 3 is 2.59 bits per heavy atom. The SMILES string of the molecule is CC(C)Nc1ncnc(Nc2ccc(F)c(Cl)c2)c1[N+](=O)[O-]. The molecule has 7 nitrogen and oxygen atoms in total. The van der Waals surface area contributed by atoms with Crippen molar-refractivity contribution in [3.8, 4) is 0 Å². The van der Waals surface area contributed by atoms with Gasteiger partial charge in [-0.05, 0) is 32.0 Å².